The Kier molecular flexibility index (Phi) is 66.9. The number of aliphatic hydroxyl groups excluding tert-OH is 2. The third-order valence-corrected chi connectivity index (χ3v) is 17.1. The summed E-state index contributed by atoms with van der Waals surface area (Å²) in [4.78, 5) is 24.6. The largest absolute Gasteiger partial charge is 0.466 e. The average Bonchev–Trinajstić information content (AvgIpc) is 3.44. The van der Waals surface area contributed by atoms with Crippen molar-refractivity contribution < 1.29 is 24.5 Å². The van der Waals surface area contributed by atoms with Crippen LogP contribution in [0.5, 0.6) is 0 Å². The summed E-state index contributed by atoms with van der Waals surface area (Å²) in [5.41, 5.74) is 0. The first-order valence-corrected chi connectivity index (χ1v) is 35.9. The minimum absolute atomic E-state index is 0.0153. The van der Waals surface area contributed by atoms with Crippen LogP contribution in [0, 0.1) is 0 Å². The van der Waals surface area contributed by atoms with Gasteiger partial charge in [0.15, 0.2) is 0 Å². The second-order valence-electron chi connectivity index (χ2n) is 24.9. The molecule has 2 unspecified atom stereocenters. The number of hydrogen-bond acceptors (Lipinski definition) is 5. The highest BCUT2D eigenvalue weighted by atomic mass is 16.5. The maximum absolute atomic E-state index is 12.6. The van der Waals surface area contributed by atoms with Gasteiger partial charge in [0.1, 0.15) is 0 Å². The van der Waals surface area contributed by atoms with Crippen LogP contribution >= 0.6 is 0 Å². The van der Waals surface area contributed by atoms with Gasteiger partial charge in [0, 0.05) is 12.8 Å². The first kappa shape index (κ1) is 76.6. The third kappa shape index (κ3) is 63.8. The van der Waals surface area contributed by atoms with Gasteiger partial charge in [-0.15, -0.1) is 0 Å². The molecule has 3 N–H and O–H groups in total. The molecule has 0 rings (SSSR count). The highest BCUT2D eigenvalue weighted by Crippen LogP contribution is 2.19. The van der Waals surface area contributed by atoms with Gasteiger partial charge < -0.3 is 20.3 Å². The molecule has 0 bridgehead atoms. The van der Waals surface area contributed by atoms with E-state index in [-0.39, 0.29) is 18.5 Å². The van der Waals surface area contributed by atoms with Crippen molar-refractivity contribution in [1.82, 2.24) is 5.32 Å². The Morgan fingerprint density at radius 1 is 0.346 bits per heavy atom. The van der Waals surface area contributed by atoms with E-state index in [1.54, 1.807) is 0 Å². The Bertz CT molecular complexity index is 1180. The van der Waals surface area contributed by atoms with Crippen molar-refractivity contribution in [3.63, 3.8) is 0 Å². The lowest BCUT2D eigenvalue weighted by Crippen LogP contribution is -2.45. The number of carbonyl (C=O) groups is 2. The fraction of sp³-hybridized carbons (Fsp3) is 0.944. The third-order valence-electron chi connectivity index (χ3n) is 17.1. The number of ether oxygens (including phenoxy) is 1. The molecule has 0 aromatic rings. The summed E-state index contributed by atoms with van der Waals surface area (Å²) in [6.45, 7) is 4.99. The SMILES string of the molecule is CCCCCCCCCCCCCCCCCCCCCCCCCCC(O)C(CO)NC(=O)CCCCCCCCCCC/C=C\CCCCCCCCCCCCCCOC(=O)CCCCCCCCCCCCCC. The molecule has 0 radical (unpaired) electrons. The van der Waals surface area contributed by atoms with Crippen LogP contribution in [0.4, 0.5) is 0 Å². The van der Waals surface area contributed by atoms with Crippen molar-refractivity contribution in [2.24, 2.45) is 0 Å². The number of amides is 1. The number of unbranched alkanes of at least 4 members (excludes halogenated alkanes) is 55. The first-order chi connectivity index (χ1) is 38.5. The summed E-state index contributed by atoms with van der Waals surface area (Å²) >= 11 is 0. The van der Waals surface area contributed by atoms with Crippen LogP contribution in [0.1, 0.15) is 412 Å². The molecule has 0 spiro atoms. The van der Waals surface area contributed by atoms with Gasteiger partial charge in [-0.3, -0.25) is 9.59 Å². The van der Waals surface area contributed by atoms with E-state index in [2.05, 4.69) is 31.3 Å². The molecule has 0 saturated heterocycles. The zero-order chi connectivity index (χ0) is 56.4. The summed E-state index contributed by atoms with van der Waals surface area (Å²) in [6.07, 6.45) is 84.1. The Morgan fingerprint density at radius 2 is 0.603 bits per heavy atom. The smallest absolute Gasteiger partial charge is 0.305 e. The van der Waals surface area contributed by atoms with Crippen molar-refractivity contribution in [3.05, 3.63) is 12.2 Å². The van der Waals surface area contributed by atoms with Gasteiger partial charge in [-0.1, -0.05) is 360 Å². The number of carbonyl (C=O) groups excluding carboxylic acids is 2. The average molecular weight is 1100 g/mol. The van der Waals surface area contributed by atoms with Crippen LogP contribution in [0.3, 0.4) is 0 Å². The number of rotatable bonds is 68. The van der Waals surface area contributed by atoms with Gasteiger partial charge in [-0.2, -0.15) is 0 Å². The van der Waals surface area contributed by atoms with Gasteiger partial charge >= 0.3 is 5.97 Å². The summed E-state index contributed by atoms with van der Waals surface area (Å²) in [5.74, 6) is -0.0173. The van der Waals surface area contributed by atoms with Gasteiger partial charge in [0.05, 0.1) is 25.4 Å². The van der Waals surface area contributed by atoms with Crippen LogP contribution in [-0.4, -0.2) is 47.4 Å². The van der Waals surface area contributed by atoms with Crippen molar-refractivity contribution in [2.45, 2.75) is 424 Å². The standard InChI is InChI=1S/C72H141NO5/c1-3-5-7-9-11-13-15-17-18-19-20-21-22-26-29-32-35-38-41-44-48-52-56-60-64-70(75)69(68-74)73-71(76)65-61-57-53-49-45-42-39-36-33-30-27-24-23-25-28-31-34-37-40-43-47-51-55-59-63-67-78-72(77)66-62-58-54-50-46-16-14-12-10-8-6-4-2/h24,27,69-70,74-75H,3-23,25-26,28-68H2,1-2H3,(H,73,76)/b27-24-. The van der Waals surface area contributed by atoms with Crippen molar-refractivity contribution in [2.75, 3.05) is 13.2 Å². The molecule has 0 aliphatic rings. The highest BCUT2D eigenvalue weighted by molar-refractivity contribution is 5.76. The number of nitrogens with one attached hydrogen (secondary N) is 1. The lowest BCUT2D eigenvalue weighted by molar-refractivity contribution is -0.143. The number of allylic oxidation sites excluding steroid dienone is 2. The van der Waals surface area contributed by atoms with Crippen molar-refractivity contribution in [1.29, 1.82) is 0 Å². The number of aliphatic hydroxyl groups is 2. The predicted molar refractivity (Wildman–Crippen MR) is 343 cm³/mol. The van der Waals surface area contributed by atoms with E-state index in [4.69, 9.17) is 4.74 Å². The lowest BCUT2D eigenvalue weighted by Gasteiger charge is -2.22. The molecular weight excluding hydrogens is 959 g/mol. The van der Waals surface area contributed by atoms with Gasteiger partial charge in [-0.25, -0.2) is 0 Å². The molecule has 6 nitrogen and oxygen atoms in total. The Balaban J connectivity index is 3.39. The number of esters is 1. The normalized spacial score (nSPS) is 12.5. The van der Waals surface area contributed by atoms with Crippen LogP contribution in [-0.2, 0) is 14.3 Å². The maximum atomic E-state index is 12.6. The molecule has 0 heterocycles. The molecule has 0 aliphatic heterocycles. The quantitative estimate of drug-likeness (QED) is 0.0320. The van der Waals surface area contributed by atoms with Gasteiger partial charge in [0.2, 0.25) is 5.91 Å². The molecule has 0 aromatic carbocycles. The van der Waals surface area contributed by atoms with E-state index < -0.39 is 12.1 Å². The molecule has 0 saturated carbocycles. The summed E-state index contributed by atoms with van der Waals surface area (Å²) in [7, 11) is 0. The molecule has 0 aliphatic carbocycles. The fourth-order valence-electron chi connectivity index (χ4n) is 11.6. The molecule has 0 aromatic heterocycles. The van der Waals surface area contributed by atoms with E-state index in [0.29, 0.717) is 25.9 Å². The first-order valence-electron chi connectivity index (χ1n) is 35.9. The molecule has 464 valence electrons. The van der Waals surface area contributed by atoms with E-state index in [1.165, 1.54) is 340 Å². The maximum Gasteiger partial charge on any atom is 0.305 e. The van der Waals surface area contributed by atoms with Gasteiger partial charge in [-0.05, 0) is 51.4 Å². The van der Waals surface area contributed by atoms with Gasteiger partial charge in [0.25, 0.3) is 0 Å². The Hall–Kier alpha value is -1.40. The summed E-state index contributed by atoms with van der Waals surface area (Å²) < 4.78 is 5.48. The van der Waals surface area contributed by atoms with Crippen LogP contribution in [0.25, 0.3) is 0 Å². The second kappa shape index (κ2) is 68.1. The Labute approximate surface area is 489 Å². The molecule has 1 amide bonds. The highest BCUT2D eigenvalue weighted by Gasteiger charge is 2.20. The van der Waals surface area contributed by atoms with E-state index in [9.17, 15) is 19.8 Å². The molecule has 78 heavy (non-hydrogen) atoms. The Morgan fingerprint density at radius 3 is 0.910 bits per heavy atom. The monoisotopic (exact) mass is 1100 g/mol. The van der Waals surface area contributed by atoms with Crippen LogP contribution in [0.2, 0.25) is 0 Å². The summed E-state index contributed by atoms with van der Waals surface area (Å²) in [5, 5.41) is 23.4. The van der Waals surface area contributed by atoms with Crippen LogP contribution in [0.15, 0.2) is 12.2 Å². The predicted octanol–water partition coefficient (Wildman–Crippen LogP) is 23.1. The minimum atomic E-state index is -0.667. The lowest BCUT2D eigenvalue weighted by atomic mass is 10.0. The van der Waals surface area contributed by atoms with E-state index in [0.717, 1.165) is 38.5 Å². The van der Waals surface area contributed by atoms with E-state index in [1.807, 2.05) is 0 Å². The second-order valence-corrected chi connectivity index (χ2v) is 24.9. The zero-order valence-electron chi connectivity index (χ0n) is 53.2. The summed E-state index contributed by atoms with van der Waals surface area (Å²) in [6, 6.07) is -0.544. The minimum Gasteiger partial charge on any atom is -0.466 e. The molecule has 2 atom stereocenters. The topological polar surface area (TPSA) is 95.9 Å². The zero-order valence-corrected chi connectivity index (χ0v) is 53.2. The van der Waals surface area contributed by atoms with Crippen molar-refractivity contribution >= 4 is 11.9 Å². The van der Waals surface area contributed by atoms with Crippen LogP contribution < -0.4 is 5.32 Å². The number of hydrogen-bond donors (Lipinski definition) is 3. The molecule has 0 fully saturated rings. The fourth-order valence-corrected chi connectivity index (χ4v) is 11.6. The molecule has 6 heteroatoms. The van der Waals surface area contributed by atoms with Crippen molar-refractivity contribution in [3.8, 4) is 0 Å². The molecular formula is C72H141NO5. The van der Waals surface area contributed by atoms with E-state index >= 15 is 0 Å².